The lowest BCUT2D eigenvalue weighted by atomic mass is 9.84. The molecule has 1 saturated carbocycles. The minimum absolute atomic E-state index is 0.118. The maximum absolute atomic E-state index is 10.8. The van der Waals surface area contributed by atoms with E-state index >= 15 is 0 Å². The summed E-state index contributed by atoms with van der Waals surface area (Å²) in [6.07, 6.45) is 3.66. The van der Waals surface area contributed by atoms with E-state index in [1.54, 1.807) is 6.92 Å². The Labute approximate surface area is 86.2 Å². The molecule has 1 fully saturated rings. The highest BCUT2D eigenvalue weighted by Crippen LogP contribution is 2.26. The zero-order chi connectivity index (χ0) is 10.6. The molecule has 0 bridgehead atoms. The van der Waals surface area contributed by atoms with Gasteiger partial charge in [0.15, 0.2) is 5.78 Å². The minimum atomic E-state index is 0.118. The summed E-state index contributed by atoms with van der Waals surface area (Å²) < 4.78 is 5.57. The van der Waals surface area contributed by atoms with Crippen LogP contribution in [-0.4, -0.2) is 31.6 Å². The van der Waals surface area contributed by atoms with Crippen LogP contribution in [0.15, 0.2) is 0 Å². The number of ether oxygens (including phenoxy) is 1. The van der Waals surface area contributed by atoms with Gasteiger partial charge in [-0.05, 0) is 39.2 Å². The van der Waals surface area contributed by atoms with Crippen LogP contribution in [0.4, 0.5) is 0 Å². The fourth-order valence-corrected chi connectivity index (χ4v) is 2.10. The first kappa shape index (κ1) is 11.7. The highest BCUT2D eigenvalue weighted by Gasteiger charge is 2.27. The van der Waals surface area contributed by atoms with Gasteiger partial charge in [0.05, 0.1) is 6.10 Å². The van der Waals surface area contributed by atoms with Crippen molar-refractivity contribution in [3.8, 4) is 0 Å². The van der Waals surface area contributed by atoms with E-state index in [2.05, 4.69) is 12.2 Å². The predicted molar refractivity (Wildman–Crippen MR) is 56.3 cm³/mol. The van der Waals surface area contributed by atoms with Crippen molar-refractivity contribution in [2.24, 2.45) is 5.92 Å². The molecule has 1 aliphatic rings. The van der Waals surface area contributed by atoms with Gasteiger partial charge in [-0.1, -0.05) is 6.92 Å². The lowest BCUT2D eigenvalue weighted by molar-refractivity contribution is -0.125. The van der Waals surface area contributed by atoms with Gasteiger partial charge in [0.25, 0.3) is 0 Å². The predicted octanol–water partition coefficient (Wildman–Crippen LogP) is 1.37. The Morgan fingerprint density at radius 1 is 1.50 bits per heavy atom. The SMILES string of the molecule is CNC1CCC(OCC(C)=O)C(C)C1. The summed E-state index contributed by atoms with van der Waals surface area (Å²) in [5.41, 5.74) is 0. The summed E-state index contributed by atoms with van der Waals surface area (Å²) in [6, 6.07) is 0.627. The van der Waals surface area contributed by atoms with Crippen molar-refractivity contribution >= 4 is 5.78 Å². The standard InChI is InChI=1S/C11H21NO2/c1-8-6-10(12-3)4-5-11(8)14-7-9(2)13/h8,10-12H,4-7H2,1-3H3. The highest BCUT2D eigenvalue weighted by atomic mass is 16.5. The third-order valence-corrected chi connectivity index (χ3v) is 3.00. The van der Waals surface area contributed by atoms with Crippen LogP contribution in [0.25, 0.3) is 0 Å². The molecule has 0 saturated heterocycles. The fraction of sp³-hybridized carbons (Fsp3) is 0.909. The van der Waals surface area contributed by atoms with Crippen LogP contribution in [0, 0.1) is 5.92 Å². The topological polar surface area (TPSA) is 38.3 Å². The van der Waals surface area contributed by atoms with Gasteiger partial charge in [-0.15, -0.1) is 0 Å². The van der Waals surface area contributed by atoms with Crippen molar-refractivity contribution in [3.05, 3.63) is 0 Å². The Morgan fingerprint density at radius 2 is 2.21 bits per heavy atom. The Kier molecular flexibility index (Phi) is 4.55. The molecule has 0 radical (unpaired) electrons. The van der Waals surface area contributed by atoms with Gasteiger partial charge < -0.3 is 10.1 Å². The first-order chi connectivity index (χ1) is 6.63. The van der Waals surface area contributed by atoms with E-state index in [9.17, 15) is 4.79 Å². The molecule has 3 unspecified atom stereocenters. The van der Waals surface area contributed by atoms with Crippen molar-refractivity contribution in [1.29, 1.82) is 0 Å². The molecule has 1 N–H and O–H groups in total. The van der Waals surface area contributed by atoms with Crippen LogP contribution >= 0.6 is 0 Å². The largest absolute Gasteiger partial charge is 0.370 e. The van der Waals surface area contributed by atoms with Crippen molar-refractivity contribution in [1.82, 2.24) is 5.32 Å². The molecule has 82 valence electrons. The van der Waals surface area contributed by atoms with Gasteiger partial charge in [0.1, 0.15) is 6.61 Å². The number of ketones is 1. The molecule has 0 aromatic rings. The number of carbonyl (C=O) groups is 1. The Morgan fingerprint density at radius 3 is 2.71 bits per heavy atom. The second-order valence-electron chi connectivity index (χ2n) is 4.33. The highest BCUT2D eigenvalue weighted by molar-refractivity contribution is 5.76. The lowest BCUT2D eigenvalue weighted by Gasteiger charge is -2.33. The van der Waals surface area contributed by atoms with Crippen LogP contribution in [0.5, 0.6) is 0 Å². The molecule has 0 spiro atoms. The normalized spacial score (nSPS) is 32.9. The first-order valence-corrected chi connectivity index (χ1v) is 5.41. The van der Waals surface area contributed by atoms with E-state index < -0.39 is 0 Å². The average molecular weight is 199 g/mol. The second-order valence-corrected chi connectivity index (χ2v) is 4.33. The van der Waals surface area contributed by atoms with Crippen LogP contribution in [0.1, 0.15) is 33.1 Å². The summed E-state index contributed by atoms with van der Waals surface area (Å²) >= 11 is 0. The molecule has 1 aliphatic carbocycles. The Hall–Kier alpha value is -0.410. The molecule has 0 aromatic heterocycles. The molecule has 0 aliphatic heterocycles. The van der Waals surface area contributed by atoms with Crippen LogP contribution in [0.3, 0.4) is 0 Å². The zero-order valence-electron chi connectivity index (χ0n) is 9.38. The van der Waals surface area contributed by atoms with Gasteiger partial charge in [0.2, 0.25) is 0 Å². The number of nitrogens with one attached hydrogen (secondary N) is 1. The summed E-state index contributed by atoms with van der Waals surface area (Å²) in [5.74, 6) is 0.675. The van der Waals surface area contributed by atoms with E-state index in [0.717, 1.165) is 19.3 Å². The molecule has 1 rings (SSSR count). The summed E-state index contributed by atoms with van der Waals surface area (Å²) in [7, 11) is 2.01. The maximum Gasteiger partial charge on any atom is 0.155 e. The van der Waals surface area contributed by atoms with Gasteiger partial charge in [0, 0.05) is 6.04 Å². The van der Waals surface area contributed by atoms with Gasteiger partial charge in [-0.25, -0.2) is 0 Å². The van der Waals surface area contributed by atoms with Gasteiger partial charge >= 0.3 is 0 Å². The zero-order valence-corrected chi connectivity index (χ0v) is 9.38. The Bertz CT molecular complexity index is 194. The maximum atomic E-state index is 10.8. The number of hydrogen-bond acceptors (Lipinski definition) is 3. The second kappa shape index (κ2) is 5.47. The van der Waals surface area contributed by atoms with E-state index in [4.69, 9.17) is 4.74 Å². The quantitative estimate of drug-likeness (QED) is 0.743. The number of rotatable bonds is 4. The summed E-state index contributed by atoms with van der Waals surface area (Å²) in [4.78, 5) is 10.8. The fourth-order valence-electron chi connectivity index (χ4n) is 2.10. The molecule has 14 heavy (non-hydrogen) atoms. The molecule has 3 nitrogen and oxygen atoms in total. The van der Waals surface area contributed by atoms with Gasteiger partial charge in [-0.3, -0.25) is 4.79 Å². The van der Waals surface area contributed by atoms with Crippen molar-refractivity contribution in [2.45, 2.75) is 45.3 Å². The number of Topliss-reactive ketones (excluding diaryl/α,β-unsaturated/α-hetero) is 1. The van der Waals surface area contributed by atoms with E-state index in [1.807, 2.05) is 7.05 Å². The molecular weight excluding hydrogens is 178 g/mol. The van der Waals surface area contributed by atoms with E-state index in [-0.39, 0.29) is 18.5 Å². The molecule has 0 heterocycles. The molecule has 0 amide bonds. The summed E-state index contributed by atoms with van der Waals surface area (Å²) in [5, 5.41) is 3.30. The van der Waals surface area contributed by atoms with Crippen molar-refractivity contribution < 1.29 is 9.53 Å². The minimum Gasteiger partial charge on any atom is -0.370 e. The summed E-state index contributed by atoms with van der Waals surface area (Å²) in [6.45, 7) is 4.05. The monoisotopic (exact) mass is 199 g/mol. The molecular formula is C11H21NO2. The smallest absolute Gasteiger partial charge is 0.155 e. The third-order valence-electron chi connectivity index (χ3n) is 3.00. The van der Waals surface area contributed by atoms with Crippen molar-refractivity contribution in [3.63, 3.8) is 0 Å². The number of hydrogen-bond donors (Lipinski definition) is 1. The number of carbonyl (C=O) groups excluding carboxylic acids is 1. The average Bonchev–Trinajstić information content (AvgIpc) is 2.15. The molecule has 3 atom stereocenters. The first-order valence-electron chi connectivity index (χ1n) is 5.41. The van der Waals surface area contributed by atoms with Gasteiger partial charge in [-0.2, -0.15) is 0 Å². The van der Waals surface area contributed by atoms with E-state index in [1.165, 1.54) is 0 Å². The third kappa shape index (κ3) is 3.39. The Balaban J connectivity index is 2.30. The molecule has 0 aromatic carbocycles. The lowest BCUT2D eigenvalue weighted by Crippen LogP contribution is -2.38. The van der Waals surface area contributed by atoms with Crippen LogP contribution < -0.4 is 5.32 Å². The van der Waals surface area contributed by atoms with Crippen LogP contribution in [0.2, 0.25) is 0 Å². The van der Waals surface area contributed by atoms with Crippen molar-refractivity contribution in [2.75, 3.05) is 13.7 Å². The van der Waals surface area contributed by atoms with E-state index in [0.29, 0.717) is 12.0 Å². The van der Waals surface area contributed by atoms with Crippen LogP contribution in [-0.2, 0) is 9.53 Å². The molecule has 3 heteroatoms.